The Hall–Kier alpha value is -1.66. The SMILES string of the molecule is COCCCNC(=S)Nc1ccc(CC(=O)[O-])cc1. The highest BCUT2D eigenvalue weighted by molar-refractivity contribution is 7.80. The third-order valence-corrected chi connectivity index (χ3v) is 2.62. The molecule has 5 nitrogen and oxygen atoms in total. The van der Waals surface area contributed by atoms with E-state index in [9.17, 15) is 9.90 Å². The number of carbonyl (C=O) groups excluding carboxylic acids is 1. The molecule has 0 spiro atoms. The first-order valence-electron chi connectivity index (χ1n) is 5.94. The first kappa shape index (κ1) is 15.4. The number of methoxy groups -OCH3 is 1. The van der Waals surface area contributed by atoms with Crippen LogP contribution in [0.25, 0.3) is 0 Å². The van der Waals surface area contributed by atoms with E-state index in [4.69, 9.17) is 17.0 Å². The summed E-state index contributed by atoms with van der Waals surface area (Å²) in [5.41, 5.74) is 1.51. The summed E-state index contributed by atoms with van der Waals surface area (Å²) in [6, 6.07) is 7.01. The predicted octanol–water partition coefficient (Wildman–Crippen LogP) is 0.302. The molecule has 0 aliphatic heterocycles. The largest absolute Gasteiger partial charge is 0.550 e. The second kappa shape index (κ2) is 8.44. The lowest BCUT2D eigenvalue weighted by Crippen LogP contribution is -2.29. The summed E-state index contributed by atoms with van der Waals surface area (Å²) in [5, 5.41) is 17.0. The van der Waals surface area contributed by atoms with Crippen molar-refractivity contribution in [2.45, 2.75) is 12.8 Å². The zero-order valence-corrected chi connectivity index (χ0v) is 11.6. The van der Waals surface area contributed by atoms with E-state index in [0.29, 0.717) is 17.3 Å². The van der Waals surface area contributed by atoms with Crippen LogP contribution in [0, 0.1) is 0 Å². The van der Waals surface area contributed by atoms with Crippen molar-refractivity contribution in [1.82, 2.24) is 5.32 Å². The summed E-state index contributed by atoms with van der Waals surface area (Å²) in [7, 11) is 1.66. The standard InChI is InChI=1S/C13H18N2O3S/c1-18-8-2-7-14-13(19)15-11-5-3-10(4-6-11)9-12(16)17/h3-6H,2,7-9H2,1H3,(H,16,17)(H2,14,15,19)/p-1. The fourth-order valence-electron chi connectivity index (χ4n) is 1.47. The van der Waals surface area contributed by atoms with Gasteiger partial charge in [0.25, 0.3) is 0 Å². The highest BCUT2D eigenvalue weighted by Crippen LogP contribution is 2.09. The van der Waals surface area contributed by atoms with Crippen LogP contribution in [0.3, 0.4) is 0 Å². The van der Waals surface area contributed by atoms with Gasteiger partial charge in [-0.15, -0.1) is 0 Å². The number of rotatable bonds is 7. The average molecular weight is 281 g/mol. The quantitative estimate of drug-likeness (QED) is 0.553. The van der Waals surface area contributed by atoms with Crippen LogP contribution in [0.5, 0.6) is 0 Å². The number of nitrogens with one attached hydrogen (secondary N) is 2. The van der Waals surface area contributed by atoms with E-state index in [1.54, 1.807) is 31.4 Å². The molecule has 2 N–H and O–H groups in total. The van der Waals surface area contributed by atoms with Gasteiger partial charge in [0.1, 0.15) is 0 Å². The van der Waals surface area contributed by atoms with Crippen LogP contribution < -0.4 is 15.7 Å². The Balaban J connectivity index is 2.36. The molecule has 0 atom stereocenters. The maximum absolute atomic E-state index is 10.4. The number of anilines is 1. The van der Waals surface area contributed by atoms with E-state index in [1.165, 1.54) is 0 Å². The number of carboxylic acid groups (broad SMARTS) is 1. The minimum atomic E-state index is -1.09. The van der Waals surface area contributed by atoms with Gasteiger partial charge in [-0.2, -0.15) is 0 Å². The van der Waals surface area contributed by atoms with E-state index in [0.717, 1.165) is 18.7 Å². The normalized spacial score (nSPS) is 9.95. The zero-order chi connectivity index (χ0) is 14.1. The van der Waals surface area contributed by atoms with E-state index in [-0.39, 0.29) is 6.42 Å². The van der Waals surface area contributed by atoms with Gasteiger partial charge in [0.05, 0.1) is 0 Å². The number of carbonyl (C=O) groups is 1. The van der Waals surface area contributed by atoms with E-state index >= 15 is 0 Å². The molecule has 0 unspecified atom stereocenters. The van der Waals surface area contributed by atoms with E-state index in [2.05, 4.69) is 10.6 Å². The van der Waals surface area contributed by atoms with Gasteiger partial charge >= 0.3 is 0 Å². The molecule has 0 aromatic heterocycles. The van der Waals surface area contributed by atoms with Crippen molar-refractivity contribution < 1.29 is 14.6 Å². The van der Waals surface area contributed by atoms with Crippen molar-refractivity contribution in [2.75, 3.05) is 25.6 Å². The van der Waals surface area contributed by atoms with E-state index in [1.807, 2.05) is 0 Å². The lowest BCUT2D eigenvalue weighted by molar-refractivity contribution is -0.304. The number of ether oxygens (including phenoxy) is 1. The van der Waals surface area contributed by atoms with Gasteiger partial charge < -0.3 is 25.3 Å². The first-order valence-corrected chi connectivity index (χ1v) is 6.35. The summed E-state index contributed by atoms with van der Waals surface area (Å²) in [4.78, 5) is 10.4. The number of carboxylic acids is 1. The number of hydrogen-bond acceptors (Lipinski definition) is 4. The van der Waals surface area contributed by atoms with Crippen molar-refractivity contribution >= 4 is 29.0 Å². The number of hydrogen-bond donors (Lipinski definition) is 2. The summed E-state index contributed by atoms with van der Waals surface area (Å²) in [5.74, 6) is -1.09. The molecule has 0 aliphatic rings. The van der Waals surface area contributed by atoms with Crippen LogP contribution >= 0.6 is 12.2 Å². The van der Waals surface area contributed by atoms with Crippen LogP contribution in [-0.2, 0) is 16.0 Å². The molecule has 0 saturated heterocycles. The fourth-order valence-corrected chi connectivity index (χ4v) is 1.69. The molecule has 0 amide bonds. The Morgan fingerprint density at radius 2 is 2.05 bits per heavy atom. The summed E-state index contributed by atoms with van der Waals surface area (Å²) < 4.78 is 4.93. The second-order valence-electron chi connectivity index (χ2n) is 3.97. The minimum absolute atomic E-state index is 0.0833. The van der Waals surface area contributed by atoms with Gasteiger partial charge in [-0.3, -0.25) is 0 Å². The van der Waals surface area contributed by atoms with Crippen molar-refractivity contribution in [2.24, 2.45) is 0 Å². The molecule has 1 aromatic carbocycles. The Kier molecular flexibility index (Phi) is 6.84. The predicted molar refractivity (Wildman–Crippen MR) is 75.9 cm³/mol. The molecule has 0 radical (unpaired) electrons. The molecule has 104 valence electrons. The highest BCUT2D eigenvalue weighted by atomic mass is 32.1. The summed E-state index contributed by atoms with van der Waals surface area (Å²) >= 11 is 5.12. The molecule has 0 fully saturated rings. The maximum Gasteiger partial charge on any atom is 0.170 e. The Labute approximate surface area is 118 Å². The third kappa shape index (κ3) is 6.73. The Morgan fingerprint density at radius 1 is 1.37 bits per heavy atom. The first-order chi connectivity index (χ1) is 9.11. The topological polar surface area (TPSA) is 73.4 Å². The van der Waals surface area contributed by atoms with Gasteiger partial charge in [-0.05, 0) is 36.3 Å². The summed E-state index contributed by atoms with van der Waals surface area (Å²) in [6.07, 6.45) is 0.795. The third-order valence-electron chi connectivity index (χ3n) is 2.37. The van der Waals surface area contributed by atoms with Crippen molar-refractivity contribution in [3.8, 4) is 0 Å². The van der Waals surface area contributed by atoms with Crippen LogP contribution in [0.2, 0.25) is 0 Å². The van der Waals surface area contributed by atoms with Crippen LogP contribution in [0.15, 0.2) is 24.3 Å². The molecular weight excluding hydrogens is 264 g/mol. The van der Waals surface area contributed by atoms with Gasteiger partial charge in [0.2, 0.25) is 0 Å². The van der Waals surface area contributed by atoms with Crippen LogP contribution in [0.4, 0.5) is 5.69 Å². The molecule has 19 heavy (non-hydrogen) atoms. The zero-order valence-electron chi connectivity index (χ0n) is 10.8. The van der Waals surface area contributed by atoms with Crippen LogP contribution in [-0.4, -0.2) is 31.3 Å². The van der Waals surface area contributed by atoms with Crippen molar-refractivity contribution in [3.05, 3.63) is 29.8 Å². The molecule has 1 rings (SSSR count). The van der Waals surface area contributed by atoms with Gasteiger partial charge in [-0.1, -0.05) is 12.1 Å². The molecule has 0 aliphatic carbocycles. The number of thiocarbonyl (C=S) groups is 1. The lowest BCUT2D eigenvalue weighted by atomic mass is 10.1. The van der Waals surface area contributed by atoms with Gasteiger partial charge in [0.15, 0.2) is 5.11 Å². The fraction of sp³-hybridized carbons (Fsp3) is 0.385. The Bertz CT molecular complexity index is 420. The minimum Gasteiger partial charge on any atom is -0.550 e. The number of benzene rings is 1. The molecule has 0 saturated carbocycles. The van der Waals surface area contributed by atoms with Gasteiger partial charge in [-0.25, -0.2) is 0 Å². The maximum atomic E-state index is 10.4. The van der Waals surface area contributed by atoms with Gasteiger partial charge in [0, 0.05) is 38.3 Å². The summed E-state index contributed by atoms with van der Waals surface area (Å²) in [6.45, 7) is 1.43. The van der Waals surface area contributed by atoms with E-state index < -0.39 is 5.97 Å². The number of aliphatic carboxylic acids is 1. The molecule has 0 bridgehead atoms. The highest BCUT2D eigenvalue weighted by Gasteiger charge is 1.98. The lowest BCUT2D eigenvalue weighted by Gasteiger charge is -2.11. The smallest absolute Gasteiger partial charge is 0.170 e. The average Bonchev–Trinajstić information content (AvgIpc) is 2.36. The molecule has 1 aromatic rings. The van der Waals surface area contributed by atoms with Crippen LogP contribution in [0.1, 0.15) is 12.0 Å². The monoisotopic (exact) mass is 281 g/mol. The van der Waals surface area contributed by atoms with Crippen molar-refractivity contribution in [1.29, 1.82) is 0 Å². The Morgan fingerprint density at radius 3 is 2.63 bits per heavy atom. The molecule has 6 heteroatoms. The second-order valence-corrected chi connectivity index (χ2v) is 4.38. The molecule has 0 heterocycles. The van der Waals surface area contributed by atoms with Crippen molar-refractivity contribution in [3.63, 3.8) is 0 Å². The molecular formula is C13H17N2O3S-.